The Morgan fingerprint density at radius 2 is 1.96 bits per heavy atom. The summed E-state index contributed by atoms with van der Waals surface area (Å²) in [5, 5.41) is 0. The predicted molar refractivity (Wildman–Crippen MR) is 93.7 cm³/mol. The molecule has 0 aromatic carbocycles. The van der Waals surface area contributed by atoms with Gasteiger partial charge in [0, 0.05) is 30.9 Å². The maximum atomic E-state index is 13.0. The van der Waals surface area contributed by atoms with Crippen molar-refractivity contribution in [2.24, 2.45) is 5.41 Å². The molecule has 2 fully saturated rings. The maximum absolute atomic E-state index is 13.0. The van der Waals surface area contributed by atoms with Crippen molar-refractivity contribution in [2.75, 3.05) is 31.2 Å². The minimum Gasteiger partial charge on any atom is -0.380 e. The third-order valence-corrected chi connectivity index (χ3v) is 5.36. The highest BCUT2D eigenvalue weighted by molar-refractivity contribution is 5.58. The molecule has 0 unspecified atom stereocenters. The molecule has 28 heavy (non-hydrogen) atoms. The van der Waals surface area contributed by atoms with Crippen LogP contribution in [0.5, 0.6) is 0 Å². The summed E-state index contributed by atoms with van der Waals surface area (Å²) in [4.78, 5) is 18.6. The van der Waals surface area contributed by atoms with E-state index in [9.17, 15) is 13.2 Å². The second-order valence-electron chi connectivity index (χ2n) is 7.40. The van der Waals surface area contributed by atoms with Gasteiger partial charge in [-0.1, -0.05) is 0 Å². The van der Waals surface area contributed by atoms with E-state index in [2.05, 4.69) is 24.8 Å². The molecule has 3 aromatic rings. The lowest BCUT2D eigenvalue weighted by Gasteiger charge is -2.48. The van der Waals surface area contributed by atoms with Gasteiger partial charge in [-0.15, -0.1) is 0 Å². The molecule has 0 atom stereocenters. The third kappa shape index (κ3) is 2.88. The van der Waals surface area contributed by atoms with Crippen molar-refractivity contribution in [2.45, 2.75) is 19.0 Å². The molecule has 7 nitrogen and oxygen atoms in total. The summed E-state index contributed by atoms with van der Waals surface area (Å²) in [5.74, 6) is 1.09. The standard InChI is InChI=1S/C18H17F3N6O/c19-18(20,21)13-8-27-12(6-24-15(27)7-23-13)16-22-4-2-14(25-16)26-5-1-3-17(9-26)10-28-11-17/h2,4,6-8H,1,3,5,9-11H2. The van der Waals surface area contributed by atoms with E-state index in [0.717, 1.165) is 57.4 Å². The molecule has 3 aromatic heterocycles. The number of fused-ring (bicyclic) bond motifs is 1. The molecule has 0 bridgehead atoms. The third-order valence-electron chi connectivity index (χ3n) is 5.36. The molecule has 0 amide bonds. The Kier molecular flexibility index (Phi) is 3.80. The number of imidazole rings is 1. The van der Waals surface area contributed by atoms with Crippen LogP contribution in [0.15, 0.2) is 30.9 Å². The van der Waals surface area contributed by atoms with Gasteiger partial charge in [0.1, 0.15) is 11.5 Å². The predicted octanol–water partition coefficient (Wildman–Crippen LogP) is 2.82. The van der Waals surface area contributed by atoms with Gasteiger partial charge in [0.05, 0.1) is 25.6 Å². The molecule has 10 heteroatoms. The van der Waals surface area contributed by atoms with Gasteiger partial charge in [0.15, 0.2) is 17.2 Å². The van der Waals surface area contributed by atoms with Crippen molar-refractivity contribution in [1.29, 1.82) is 0 Å². The number of halogens is 3. The Hall–Kier alpha value is -2.75. The summed E-state index contributed by atoms with van der Waals surface area (Å²) in [6, 6.07) is 1.83. The molecule has 146 valence electrons. The van der Waals surface area contributed by atoms with Crippen LogP contribution in [-0.4, -0.2) is 50.6 Å². The lowest BCUT2D eigenvalue weighted by molar-refractivity contribution is -0.141. The summed E-state index contributed by atoms with van der Waals surface area (Å²) in [6.45, 7) is 3.27. The fourth-order valence-electron chi connectivity index (χ4n) is 3.88. The van der Waals surface area contributed by atoms with E-state index in [1.54, 1.807) is 6.20 Å². The number of alkyl halides is 3. The van der Waals surface area contributed by atoms with Gasteiger partial charge < -0.3 is 9.64 Å². The fourth-order valence-corrected chi connectivity index (χ4v) is 3.88. The number of aromatic nitrogens is 5. The Labute approximate surface area is 158 Å². The van der Waals surface area contributed by atoms with E-state index < -0.39 is 11.9 Å². The highest BCUT2D eigenvalue weighted by Crippen LogP contribution is 2.38. The van der Waals surface area contributed by atoms with Crippen LogP contribution in [0.4, 0.5) is 19.0 Å². The van der Waals surface area contributed by atoms with Crippen LogP contribution in [0.25, 0.3) is 17.2 Å². The van der Waals surface area contributed by atoms with Crippen molar-refractivity contribution in [3.8, 4) is 11.5 Å². The lowest BCUT2D eigenvalue weighted by Crippen LogP contribution is -2.54. The minimum absolute atomic E-state index is 0.194. The second kappa shape index (κ2) is 6.13. The summed E-state index contributed by atoms with van der Waals surface area (Å²) in [5.41, 5.74) is -0.0951. The van der Waals surface area contributed by atoms with Crippen LogP contribution in [0, 0.1) is 5.41 Å². The quantitative estimate of drug-likeness (QED) is 0.670. The van der Waals surface area contributed by atoms with E-state index in [-0.39, 0.29) is 5.41 Å². The smallest absolute Gasteiger partial charge is 0.380 e. The number of nitrogens with zero attached hydrogens (tertiary/aromatic N) is 6. The first-order chi connectivity index (χ1) is 13.4. The van der Waals surface area contributed by atoms with Crippen molar-refractivity contribution in [3.05, 3.63) is 36.5 Å². The molecule has 0 radical (unpaired) electrons. The van der Waals surface area contributed by atoms with Gasteiger partial charge in [0.25, 0.3) is 0 Å². The number of anilines is 1. The van der Waals surface area contributed by atoms with Crippen molar-refractivity contribution >= 4 is 11.5 Å². The average Bonchev–Trinajstić information content (AvgIpc) is 3.09. The first kappa shape index (κ1) is 17.4. The number of rotatable bonds is 2. The molecule has 2 aliphatic rings. The molecule has 2 saturated heterocycles. The van der Waals surface area contributed by atoms with E-state index in [4.69, 9.17) is 4.74 Å². The largest absolute Gasteiger partial charge is 0.434 e. The Bertz CT molecular complexity index is 1030. The summed E-state index contributed by atoms with van der Waals surface area (Å²) in [6.07, 6.45) is 2.78. The monoisotopic (exact) mass is 390 g/mol. The molecule has 2 aliphatic heterocycles. The Morgan fingerprint density at radius 3 is 2.71 bits per heavy atom. The summed E-state index contributed by atoms with van der Waals surface area (Å²) >= 11 is 0. The van der Waals surface area contributed by atoms with Gasteiger partial charge in [-0.2, -0.15) is 13.2 Å². The maximum Gasteiger partial charge on any atom is 0.434 e. The van der Waals surface area contributed by atoms with Gasteiger partial charge in [-0.25, -0.2) is 19.9 Å². The topological polar surface area (TPSA) is 68.4 Å². The Morgan fingerprint density at radius 1 is 1.11 bits per heavy atom. The average molecular weight is 390 g/mol. The highest BCUT2D eigenvalue weighted by atomic mass is 19.4. The molecule has 5 heterocycles. The van der Waals surface area contributed by atoms with E-state index in [1.807, 2.05) is 6.07 Å². The van der Waals surface area contributed by atoms with Crippen LogP contribution in [-0.2, 0) is 10.9 Å². The zero-order valence-corrected chi connectivity index (χ0v) is 14.9. The second-order valence-corrected chi connectivity index (χ2v) is 7.40. The summed E-state index contributed by atoms with van der Waals surface area (Å²) < 4.78 is 45.8. The first-order valence-electron chi connectivity index (χ1n) is 9.00. The van der Waals surface area contributed by atoms with Gasteiger partial charge in [0.2, 0.25) is 0 Å². The van der Waals surface area contributed by atoms with E-state index in [1.165, 1.54) is 10.6 Å². The molecular weight excluding hydrogens is 373 g/mol. The number of hydrogen-bond donors (Lipinski definition) is 0. The lowest BCUT2D eigenvalue weighted by atomic mass is 9.78. The van der Waals surface area contributed by atoms with Crippen molar-refractivity contribution < 1.29 is 17.9 Å². The summed E-state index contributed by atoms with van der Waals surface area (Å²) in [7, 11) is 0. The fraction of sp³-hybridized carbons (Fsp3) is 0.444. The number of ether oxygens (including phenoxy) is 1. The molecule has 5 rings (SSSR count). The van der Waals surface area contributed by atoms with E-state index in [0.29, 0.717) is 17.2 Å². The number of hydrogen-bond acceptors (Lipinski definition) is 6. The highest BCUT2D eigenvalue weighted by Gasteiger charge is 2.42. The minimum atomic E-state index is -4.54. The zero-order valence-electron chi connectivity index (χ0n) is 14.9. The SMILES string of the molecule is FC(F)(F)c1cn2c(-c3nccc(N4CCCC5(COC5)C4)n3)cnc2cn1. The normalized spacial score (nSPS) is 19.2. The van der Waals surface area contributed by atoms with Crippen LogP contribution >= 0.6 is 0 Å². The molecule has 0 N–H and O–H groups in total. The van der Waals surface area contributed by atoms with Crippen LogP contribution in [0.2, 0.25) is 0 Å². The van der Waals surface area contributed by atoms with E-state index >= 15 is 0 Å². The van der Waals surface area contributed by atoms with Gasteiger partial charge in [-0.05, 0) is 18.9 Å². The van der Waals surface area contributed by atoms with Gasteiger partial charge in [-0.3, -0.25) is 4.40 Å². The zero-order chi connectivity index (χ0) is 19.4. The van der Waals surface area contributed by atoms with Crippen LogP contribution in [0.3, 0.4) is 0 Å². The molecule has 1 spiro atoms. The molecule has 0 aliphatic carbocycles. The Balaban J connectivity index is 1.51. The van der Waals surface area contributed by atoms with Crippen molar-refractivity contribution in [1.82, 2.24) is 24.3 Å². The van der Waals surface area contributed by atoms with Crippen LogP contribution in [0.1, 0.15) is 18.5 Å². The molecular formula is C18H17F3N6O. The van der Waals surface area contributed by atoms with Crippen molar-refractivity contribution in [3.63, 3.8) is 0 Å². The number of piperidine rings is 1. The first-order valence-corrected chi connectivity index (χ1v) is 9.00. The van der Waals surface area contributed by atoms with Crippen LogP contribution < -0.4 is 4.90 Å². The van der Waals surface area contributed by atoms with Gasteiger partial charge >= 0.3 is 6.18 Å². The molecule has 0 saturated carbocycles.